The van der Waals surface area contributed by atoms with Crippen LogP contribution in [0.3, 0.4) is 0 Å². The Kier molecular flexibility index (Phi) is 14.7. The van der Waals surface area contributed by atoms with E-state index in [9.17, 15) is 24.0 Å². The van der Waals surface area contributed by atoms with Gasteiger partial charge in [-0.25, -0.2) is 9.59 Å². The summed E-state index contributed by atoms with van der Waals surface area (Å²) in [5.41, 5.74) is 5.51. The van der Waals surface area contributed by atoms with Crippen molar-refractivity contribution in [2.45, 2.75) is 98.1 Å². The van der Waals surface area contributed by atoms with Gasteiger partial charge < -0.3 is 36.5 Å². The van der Waals surface area contributed by atoms with Crippen LogP contribution in [-0.4, -0.2) is 60.2 Å². The van der Waals surface area contributed by atoms with Crippen molar-refractivity contribution in [3.05, 3.63) is 35.9 Å². The average Bonchev–Trinajstić information content (AvgIpc) is 2.86. The molecule has 0 heterocycles. The number of nitrogens with two attached hydrogens (primary N) is 1. The molecular formula is C29H47N5O7. The number of primary amides is 1. The first-order valence-electron chi connectivity index (χ1n) is 13.9. The van der Waals surface area contributed by atoms with E-state index in [0.29, 0.717) is 12.8 Å². The number of rotatable bonds is 15. The largest absolute Gasteiger partial charge is 0.445 e. The second-order valence-corrected chi connectivity index (χ2v) is 11.7. The number of carbonyl (C=O) groups is 5. The lowest BCUT2D eigenvalue weighted by molar-refractivity contribution is -0.133. The Morgan fingerprint density at radius 3 is 2.02 bits per heavy atom. The number of hydrogen-bond acceptors (Lipinski definition) is 7. The van der Waals surface area contributed by atoms with Crippen molar-refractivity contribution in [2.24, 2.45) is 17.6 Å². The zero-order chi connectivity index (χ0) is 31.2. The van der Waals surface area contributed by atoms with Crippen LogP contribution in [0.1, 0.15) is 73.3 Å². The molecule has 0 radical (unpaired) electrons. The van der Waals surface area contributed by atoms with E-state index in [-0.39, 0.29) is 31.4 Å². The summed E-state index contributed by atoms with van der Waals surface area (Å²) < 4.78 is 10.5. The van der Waals surface area contributed by atoms with Crippen LogP contribution in [-0.2, 0) is 30.5 Å². The normalized spacial score (nSPS) is 13.5. The molecule has 0 fully saturated rings. The monoisotopic (exact) mass is 577 g/mol. The van der Waals surface area contributed by atoms with E-state index in [1.807, 2.05) is 44.2 Å². The summed E-state index contributed by atoms with van der Waals surface area (Å²) in [5, 5.41) is 10.5. The van der Waals surface area contributed by atoms with Gasteiger partial charge in [0.25, 0.3) is 0 Å². The average molecular weight is 578 g/mol. The molecule has 12 heteroatoms. The van der Waals surface area contributed by atoms with E-state index in [2.05, 4.69) is 21.3 Å². The number of carbonyl (C=O) groups excluding carboxylic acids is 5. The number of alkyl carbamates (subject to hydrolysis) is 2. The van der Waals surface area contributed by atoms with Crippen LogP contribution in [0.4, 0.5) is 9.59 Å². The molecule has 41 heavy (non-hydrogen) atoms. The zero-order valence-electron chi connectivity index (χ0n) is 25.2. The topological polar surface area (TPSA) is 178 Å². The Balaban J connectivity index is 2.84. The Bertz CT molecular complexity index is 1010. The summed E-state index contributed by atoms with van der Waals surface area (Å²) in [6.07, 6.45) is -0.622. The first-order valence-corrected chi connectivity index (χ1v) is 13.9. The lowest BCUT2D eigenvalue weighted by Gasteiger charge is -2.28. The quantitative estimate of drug-likeness (QED) is 0.199. The van der Waals surface area contributed by atoms with Gasteiger partial charge in [-0.2, -0.15) is 0 Å². The Morgan fingerprint density at radius 2 is 1.49 bits per heavy atom. The maximum Gasteiger partial charge on any atom is 0.408 e. The van der Waals surface area contributed by atoms with Crippen molar-refractivity contribution in [3.8, 4) is 0 Å². The highest BCUT2D eigenvalue weighted by Crippen LogP contribution is 2.10. The van der Waals surface area contributed by atoms with Crippen LogP contribution in [0.2, 0.25) is 0 Å². The van der Waals surface area contributed by atoms with Gasteiger partial charge in [0.05, 0.1) is 0 Å². The fraction of sp³-hybridized carbons (Fsp3) is 0.621. The molecule has 0 saturated heterocycles. The molecule has 6 N–H and O–H groups in total. The fourth-order valence-corrected chi connectivity index (χ4v) is 3.76. The van der Waals surface area contributed by atoms with Crippen molar-refractivity contribution in [1.82, 2.24) is 21.3 Å². The molecule has 0 bridgehead atoms. The van der Waals surface area contributed by atoms with Gasteiger partial charge in [0.15, 0.2) is 0 Å². The molecule has 3 atom stereocenters. The minimum Gasteiger partial charge on any atom is -0.445 e. The summed E-state index contributed by atoms with van der Waals surface area (Å²) in [7, 11) is 0. The third-order valence-corrected chi connectivity index (χ3v) is 5.77. The summed E-state index contributed by atoms with van der Waals surface area (Å²) in [6.45, 7) is 12.7. The van der Waals surface area contributed by atoms with Crippen LogP contribution in [0.15, 0.2) is 30.3 Å². The molecule has 12 nitrogen and oxygen atoms in total. The standard InChI is InChI=1S/C29H47N5O7/c1-18(2)16-22(24(30)35)32-26(37)23(19(3)4)34-25(36)21(33-28(39)41-29(5,6)7)14-11-15-31-27(38)40-17-20-12-9-8-10-13-20/h8-10,12-13,18-19,21-23H,11,14-17H2,1-7H3,(H2,30,35)(H,31,38)(H,32,37)(H,33,39)(H,34,36)/t21-,22-,23-/m1/s1. The van der Waals surface area contributed by atoms with Gasteiger partial charge in [-0.15, -0.1) is 0 Å². The molecule has 0 unspecified atom stereocenters. The second-order valence-electron chi connectivity index (χ2n) is 11.7. The third kappa shape index (κ3) is 14.9. The van der Waals surface area contributed by atoms with Gasteiger partial charge in [-0.3, -0.25) is 14.4 Å². The van der Waals surface area contributed by atoms with Crippen molar-refractivity contribution in [1.29, 1.82) is 0 Å². The number of benzene rings is 1. The highest BCUT2D eigenvalue weighted by Gasteiger charge is 2.31. The van der Waals surface area contributed by atoms with E-state index >= 15 is 0 Å². The smallest absolute Gasteiger partial charge is 0.408 e. The van der Waals surface area contributed by atoms with Crippen molar-refractivity contribution in [3.63, 3.8) is 0 Å². The van der Waals surface area contributed by atoms with Gasteiger partial charge in [-0.05, 0) is 57.4 Å². The molecule has 1 rings (SSSR count). The van der Waals surface area contributed by atoms with E-state index in [0.717, 1.165) is 5.56 Å². The first kappa shape index (κ1) is 35.2. The Morgan fingerprint density at radius 1 is 0.854 bits per heavy atom. The van der Waals surface area contributed by atoms with Crippen molar-refractivity contribution < 1.29 is 33.4 Å². The highest BCUT2D eigenvalue weighted by atomic mass is 16.6. The SMILES string of the molecule is CC(C)C[C@@H](NC(=O)[C@H](NC(=O)[C@@H](CCCNC(=O)OCc1ccccc1)NC(=O)OC(C)(C)C)C(C)C)C(N)=O. The van der Waals surface area contributed by atoms with Gasteiger partial charge in [-0.1, -0.05) is 58.0 Å². The Hall–Kier alpha value is -3.83. The number of nitrogens with one attached hydrogen (secondary N) is 4. The first-order chi connectivity index (χ1) is 19.1. The predicted octanol–water partition coefficient (Wildman–Crippen LogP) is 2.74. The van der Waals surface area contributed by atoms with Crippen LogP contribution in [0.25, 0.3) is 0 Å². The molecule has 5 amide bonds. The molecule has 0 spiro atoms. The highest BCUT2D eigenvalue weighted by molar-refractivity contribution is 5.93. The number of ether oxygens (including phenoxy) is 2. The zero-order valence-corrected chi connectivity index (χ0v) is 25.2. The second kappa shape index (κ2) is 17.1. The van der Waals surface area contributed by atoms with E-state index < -0.39 is 53.6 Å². The van der Waals surface area contributed by atoms with Crippen LogP contribution >= 0.6 is 0 Å². The van der Waals surface area contributed by atoms with Gasteiger partial charge in [0.2, 0.25) is 17.7 Å². The van der Waals surface area contributed by atoms with Crippen LogP contribution in [0.5, 0.6) is 0 Å². The minimum atomic E-state index is -1.07. The molecule has 0 saturated carbocycles. The predicted molar refractivity (Wildman–Crippen MR) is 154 cm³/mol. The van der Waals surface area contributed by atoms with Crippen LogP contribution in [0, 0.1) is 11.8 Å². The lowest BCUT2D eigenvalue weighted by Crippen LogP contribution is -2.58. The van der Waals surface area contributed by atoms with E-state index in [1.54, 1.807) is 34.6 Å². The summed E-state index contributed by atoms with van der Waals surface area (Å²) in [5.74, 6) is -2.08. The Labute approximate surface area is 242 Å². The molecule has 230 valence electrons. The molecular weight excluding hydrogens is 530 g/mol. The van der Waals surface area contributed by atoms with E-state index in [1.165, 1.54) is 0 Å². The van der Waals surface area contributed by atoms with Crippen molar-refractivity contribution >= 4 is 29.9 Å². The molecule has 0 aliphatic rings. The number of amides is 5. The van der Waals surface area contributed by atoms with Gasteiger partial charge >= 0.3 is 12.2 Å². The molecule has 1 aromatic rings. The maximum absolute atomic E-state index is 13.3. The molecule has 0 aromatic heterocycles. The van der Waals surface area contributed by atoms with Crippen LogP contribution < -0.4 is 27.0 Å². The van der Waals surface area contributed by atoms with E-state index in [4.69, 9.17) is 15.2 Å². The summed E-state index contributed by atoms with van der Waals surface area (Å²) in [4.78, 5) is 62.7. The lowest BCUT2D eigenvalue weighted by atomic mass is 9.99. The summed E-state index contributed by atoms with van der Waals surface area (Å²) >= 11 is 0. The van der Waals surface area contributed by atoms with Gasteiger partial charge in [0.1, 0.15) is 30.3 Å². The number of hydrogen-bond donors (Lipinski definition) is 5. The minimum absolute atomic E-state index is 0.103. The molecule has 0 aliphatic carbocycles. The van der Waals surface area contributed by atoms with Crippen molar-refractivity contribution in [2.75, 3.05) is 6.54 Å². The summed E-state index contributed by atoms with van der Waals surface area (Å²) in [6, 6.07) is 6.27. The molecule has 1 aromatic carbocycles. The van der Waals surface area contributed by atoms with Gasteiger partial charge in [0, 0.05) is 6.54 Å². The maximum atomic E-state index is 13.3. The third-order valence-electron chi connectivity index (χ3n) is 5.77. The fourth-order valence-electron chi connectivity index (χ4n) is 3.76. The molecule has 0 aliphatic heterocycles.